The second kappa shape index (κ2) is 5.98. The van der Waals surface area contributed by atoms with E-state index in [1.54, 1.807) is 7.11 Å². The molecule has 3 saturated carbocycles. The first-order valence-corrected chi connectivity index (χ1v) is 11.6. The molecule has 0 radical (unpaired) electrons. The minimum absolute atomic E-state index is 0.00972. The van der Waals surface area contributed by atoms with Crippen molar-refractivity contribution in [1.82, 2.24) is 0 Å². The third kappa shape index (κ3) is 1.86. The van der Waals surface area contributed by atoms with Crippen molar-refractivity contribution in [3.05, 3.63) is 42.0 Å². The number of ketones is 1. The van der Waals surface area contributed by atoms with Gasteiger partial charge in [-0.05, 0) is 36.0 Å². The van der Waals surface area contributed by atoms with Crippen molar-refractivity contribution in [2.45, 2.75) is 57.2 Å². The van der Waals surface area contributed by atoms with Crippen molar-refractivity contribution >= 4 is 5.78 Å². The van der Waals surface area contributed by atoms with Crippen molar-refractivity contribution < 1.29 is 19.0 Å². The predicted octanol–water partition coefficient (Wildman–Crippen LogP) is 4.67. The lowest BCUT2D eigenvalue weighted by Gasteiger charge is -2.54. The van der Waals surface area contributed by atoms with E-state index in [2.05, 4.69) is 38.1 Å². The van der Waals surface area contributed by atoms with Crippen molar-refractivity contribution in [1.29, 1.82) is 0 Å². The molecule has 6 rings (SSSR count). The standard InChI is InChI=1S/C26H32O4/c1-17-16-20(27)21-22(26(17)29-14-15-30-26)24-11-5-4-10-23(24,2)25(21,13-12-24)18-6-8-19(28-3)9-7-18/h6-9,12-13,17,21-22H,4-5,10-11,14-16H2,1-3H3/t17-,21-,22+,23+,24+,25-/m1/s1. The van der Waals surface area contributed by atoms with Crippen LogP contribution in [0.5, 0.6) is 5.75 Å². The summed E-state index contributed by atoms with van der Waals surface area (Å²) >= 11 is 0. The molecule has 4 aliphatic carbocycles. The van der Waals surface area contributed by atoms with Gasteiger partial charge in [0.2, 0.25) is 0 Å². The van der Waals surface area contributed by atoms with E-state index in [9.17, 15) is 4.79 Å². The highest BCUT2D eigenvalue weighted by molar-refractivity contribution is 5.87. The molecule has 0 unspecified atom stereocenters. The molecule has 1 aromatic carbocycles. The van der Waals surface area contributed by atoms with Gasteiger partial charge in [0.25, 0.3) is 0 Å². The number of ether oxygens (including phenoxy) is 3. The molecule has 4 heteroatoms. The Bertz CT molecular complexity index is 913. The van der Waals surface area contributed by atoms with E-state index in [1.807, 2.05) is 12.1 Å². The summed E-state index contributed by atoms with van der Waals surface area (Å²) in [6, 6.07) is 8.48. The lowest BCUT2D eigenvalue weighted by molar-refractivity contribution is -0.266. The van der Waals surface area contributed by atoms with Gasteiger partial charge in [0.05, 0.1) is 20.3 Å². The Kier molecular flexibility index (Phi) is 3.80. The fourth-order valence-corrected chi connectivity index (χ4v) is 8.62. The monoisotopic (exact) mass is 408 g/mol. The number of benzene rings is 1. The molecule has 0 aromatic heterocycles. The number of fused-ring (bicyclic) bond motifs is 3. The predicted molar refractivity (Wildman–Crippen MR) is 113 cm³/mol. The van der Waals surface area contributed by atoms with Gasteiger partial charge >= 0.3 is 0 Å². The van der Waals surface area contributed by atoms with Gasteiger partial charge in [-0.1, -0.05) is 51.0 Å². The Balaban J connectivity index is 1.62. The van der Waals surface area contributed by atoms with Crippen LogP contribution < -0.4 is 4.74 Å². The molecule has 0 N–H and O–H groups in total. The lowest BCUT2D eigenvalue weighted by atomic mass is 9.52. The largest absolute Gasteiger partial charge is 0.497 e. The zero-order valence-corrected chi connectivity index (χ0v) is 18.3. The van der Waals surface area contributed by atoms with E-state index < -0.39 is 5.79 Å². The molecule has 160 valence electrons. The molecule has 5 aliphatic rings. The van der Waals surface area contributed by atoms with Crippen molar-refractivity contribution in [2.75, 3.05) is 20.3 Å². The van der Waals surface area contributed by atoms with E-state index >= 15 is 0 Å². The average Bonchev–Trinajstić information content (AvgIpc) is 3.40. The summed E-state index contributed by atoms with van der Waals surface area (Å²) in [6.45, 7) is 5.88. The number of hydrogen-bond acceptors (Lipinski definition) is 4. The molecule has 30 heavy (non-hydrogen) atoms. The normalized spacial score (nSPS) is 45.6. The first-order chi connectivity index (χ1) is 14.5. The minimum atomic E-state index is -0.629. The first kappa shape index (κ1) is 19.1. The Morgan fingerprint density at radius 3 is 2.43 bits per heavy atom. The summed E-state index contributed by atoms with van der Waals surface area (Å²) in [5.74, 6) is 0.710. The molecule has 1 aromatic rings. The number of carbonyl (C=O) groups excluding carboxylic acids is 1. The molecule has 1 heterocycles. The summed E-state index contributed by atoms with van der Waals surface area (Å²) in [5, 5.41) is 0. The molecule has 1 spiro atoms. The first-order valence-electron chi connectivity index (χ1n) is 11.6. The van der Waals surface area contributed by atoms with E-state index in [4.69, 9.17) is 14.2 Å². The van der Waals surface area contributed by atoms with Crippen LogP contribution in [-0.2, 0) is 19.7 Å². The maximum atomic E-state index is 13.8. The van der Waals surface area contributed by atoms with Crippen LogP contribution in [-0.4, -0.2) is 31.9 Å². The van der Waals surface area contributed by atoms with Gasteiger partial charge in [-0.3, -0.25) is 4.79 Å². The van der Waals surface area contributed by atoms with E-state index in [-0.39, 0.29) is 34.0 Å². The van der Waals surface area contributed by atoms with Crippen LogP contribution in [0.15, 0.2) is 36.4 Å². The molecule has 4 nitrogen and oxygen atoms in total. The van der Waals surface area contributed by atoms with Gasteiger partial charge in [-0.15, -0.1) is 0 Å². The molecule has 4 fully saturated rings. The summed E-state index contributed by atoms with van der Waals surface area (Å²) in [4.78, 5) is 13.8. The lowest BCUT2D eigenvalue weighted by Crippen LogP contribution is -2.60. The summed E-state index contributed by atoms with van der Waals surface area (Å²) < 4.78 is 18.4. The summed E-state index contributed by atoms with van der Waals surface area (Å²) in [7, 11) is 1.70. The minimum Gasteiger partial charge on any atom is -0.497 e. The Labute approximate surface area is 179 Å². The van der Waals surface area contributed by atoms with Crippen LogP contribution in [0, 0.1) is 28.6 Å². The number of allylic oxidation sites excluding steroid dienone is 2. The molecule has 6 atom stereocenters. The number of Topliss-reactive ketones (excluding diaryl/α,β-unsaturated/α-hetero) is 1. The maximum absolute atomic E-state index is 13.8. The van der Waals surface area contributed by atoms with E-state index in [1.165, 1.54) is 18.4 Å². The highest BCUT2D eigenvalue weighted by atomic mass is 16.7. The number of methoxy groups -OCH3 is 1. The van der Waals surface area contributed by atoms with Crippen molar-refractivity contribution in [3.63, 3.8) is 0 Å². The number of carbonyl (C=O) groups is 1. The highest BCUT2D eigenvalue weighted by Crippen LogP contribution is 2.81. The maximum Gasteiger partial charge on any atom is 0.175 e. The van der Waals surface area contributed by atoms with Crippen molar-refractivity contribution in [3.8, 4) is 5.75 Å². The molecule has 0 amide bonds. The van der Waals surface area contributed by atoms with Gasteiger partial charge in [-0.25, -0.2) is 0 Å². The van der Waals surface area contributed by atoms with Crippen LogP contribution in [0.2, 0.25) is 0 Å². The molecule has 2 bridgehead atoms. The SMILES string of the molecule is COc1ccc([C@@]23C=C[C@@]4(CCCC[C@@]42C)[C@@H]2[C@H]3C(=O)C[C@@H](C)C23OCCO3)cc1. The molecule has 1 saturated heterocycles. The highest BCUT2D eigenvalue weighted by Gasteiger charge is 2.82. The van der Waals surface area contributed by atoms with Gasteiger partial charge in [0, 0.05) is 35.0 Å². The zero-order valence-electron chi connectivity index (χ0n) is 18.3. The van der Waals surface area contributed by atoms with E-state index in [0.29, 0.717) is 25.4 Å². The van der Waals surface area contributed by atoms with Crippen LogP contribution in [0.1, 0.15) is 51.5 Å². The van der Waals surface area contributed by atoms with Gasteiger partial charge in [0.1, 0.15) is 11.5 Å². The van der Waals surface area contributed by atoms with Crippen LogP contribution >= 0.6 is 0 Å². The fourth-order valence-electron chi connectivity index (χ4n) is 8.62. The van der Waals surface area contributed by atoms with Gasteiger partial charge in [0.15, 0.2) is 5.79 Å². The fraction of sp³-hybridized carbons (Fsp3) is 0.654. The number of hydrogen-bond donors (Lipinski definition) is 0. The molecular formula is C26H32O4. The second-order valence-electron chi connectivity index (χ2n) is 10.5. The Morgan fingerprint density at radius 2 is 1.73 bits per heavy atom. The van der Waals surface area contributed by atoms with Crippen LogP contribution in [0.25, 0.3) is 0 Å². The molecular weight excluding hydrogens is 376 g/mol. The third-order valence-electron chi connectivity index (χ3n) is 9.76. The van der Waals surface area contributed by atoms with Crippen LogP contribution in [0.4, 0.5) is 0 Å². The summed E-state index contributed by atoms with van der Waals surface area (Å²) in [5.41, 5.74) is 0.882. The van der Waals surface area contributed by atoms with Gasteiger partial charge < -0.3 is 14.2 Å². The van der Waals surface area contributed by atoms with Gasteiger partial charge in [-0.2, -0.15) is 0 Å². The summed E-state index contributed by atoms with van der Waals surface area (Å²) in [6.07, 6.45) is 10.1. The Hall–Kier alpha value is -1.65. The Morgan fingerprint density at radius 1 is 1.03 bits per heavy atom. The third-order valence-corrected chi connectivity index (χ3v) is 9.76. The topological polar surface area (TPSA) is 44.8 Å². The quantitative estimate of drug-likeness (QED) is 0.667. The van der Waals surface area contributed by atoms with Crippen LogP contribution in [0.3, 0.4) is 0 Å². The number of rotatable bonds is 2. The van der Waals surface area contributed by atoms with E-state index in [0.717, 1.165) is 18.6 Å². The molecule has 1 aliphatic heterocycles. The van der Waals surface area contributed by atoms with Crippen molar-refractivity contribution in [2.24, 2.45) is 28.6 Å². The zero-order chi connectivity index (χ0) is 20.8. The smallest absolute Gasteiger partial charge is 0.175 e. The second-order valence-corrected chi connectivity index (χ2v) is 10.5. The average molecular weight is 409 g/mol.